The molecule has 0 unspecified atom stereocenters. The Bertz CT molecular complexity index is 1940. The highest BCUT2D eigenvalue weighted by Crippen LogP contribution is 2.40. The molecule has 0 bridgehead atoms. The lowest BCUT2D eigenvalue weighted by atomic mass is 10.0. The van der Waals surface area contributed by atoms with E-state index in [9.17, 15) is 0 Å². The average Bonchev–Trinajstić information content (AvgIpc) is 3.76. The predicted octanol–water partition coefficient (Wildman–Crippen LogP) is 11.6. The van der Waals surface area contributed by atoms with Gasteiger partial charge in [0.1, 0.15) is 0 Å². The van der Waals surface area contributed by atoms with Gasteiger partial charge in [0.25, 0.3) is 0 Å². The summed E-state index contributed by atoms with van der Waals surface area (Å²) < 4.78 is 0. The molecule has 0 spiro atoms. The smallest absolute Gasteiger partial charge is 0.0464 e. The van der Waals surface area contributed by atoms with Gasteiger partial charge in [-0.15, -0.1) is 0 Å². The largest absolute Gasteiger partial charge is 0.310 e. The minimum absolute atomic E-state index is 1.17. The summed E-state index contributed by atoms with van der Waals surface area (Å²) in [4.78, 5) is 4.76. The molecular weight excluding hydrogens is 544 g/mol. The topological polar surface area (TPSA) is 6.48 Å². The molecule has 2 aliphatic carbocycles. The minimum atomic E-state index is 1.17. The van der Waals surface area contributed by atoms with Crippen LogP contribution in [0.25, 0.3) is 11.1 Å². The van der Waals surface area contributed by atoms with E-state index in [-0.39, 0.29) is 0 Å². The molecule has 45 heavy (non-hydrogen) atoms. The van der Waals surface area contributed by atoms with E-state index in [1.165, 1.54) is 112 Å². The van der Waals surface area contributed by atoms with E-state index >= 15 is 0 Å². The van der Waals surface area contributed by atoms with Gasteiger partial charge < -0.3 is 9.80 Å². The molecule has 6 aromatic carbocycles. The van der Waals surface area contributed by atoms with Gasteiger partial charge in [0.2, 0.25) is 0 Å². The normalized spacial score (nSPS) is 13.4. The molecule has 0 saturated heterocycles. The van der Waals surface area contributed by atoms with Crippen LogP contribution in [0.1, 0.15) is 40.7 Å². The Balaban J connectivity index is 1.11. The highest BCUT2D eigenvalue weighted by Gasteiger charge is 2.19. The molecule has 2 nitrogen and oxygen atoms in total. The van der Waals surface area contributed by atoms with E-state index in [2.05, 4.69) is 156 Å². The van der Waals surface area contributed by atoms with Crippen molar-refractivity contribution in [3.05, 3.63) is 167 Å². The molecule has 0 N–H and O–H groups in total. The minimum Gasteiger partial charge on any atom is -0.310 e. The first-order chi connectivity index (χ1) is 22.2. The van der Waals surface area contributed by atoms with Crippen molar-refractivity contribution in [2.45, 2.75) is 45.4 Å². The van der Waals surface area contributed by atoms with Crippen molar-refractivity contribution in [1.29, 1.82) is 0 Å². The van der Waals surface area contributed by atoms with E-state index in [4.69, 9.17) is 0 Å². The second kappa shape index (κ2) is 11.8. The third kappa shape index (κ3) is 5.42. The first kappa shape index (κ1) is 27.5. The number of aryl methyl sites for hydroxylation is 5. The zero-order valence-corrected chi connectivity index (χ0v) is 25.9. The van der Waals surface area contributed by atoms with Crippen molar-refractivity contribution in [2.24, 2.45) is 0 Å². The maximum Gasteiger partial charge on any atom is 0.0464 e. The van der Waals surface area contributed by atoms with E-state index in [0.29, 0.717) is 0 Å². The molecule has 0 amide bonds. The number of fused-ring (bicyclic) bond motifs is 2. The summed E-state index contributed by atoms with van der Waals surface area (Å²) >= 11 is 0. The molecule has 2 aliphatic rings. The van der Waals surface area contributed by atoms with Gasteiger partial charge in [-0.1, -0.05) is 72.3 Å². The van der Waals surface area contributed by atoms with E-state index in [1.54, 1.807) is 0 Å². The quantitative estimate of drug-likeness (QED) is 0.185. The maximum absolute atomic E-state index is 2.40. The van der Waals surface area contributed by atoms with Crippen LogP contribution in [-0.2, 0) is 25.7 Å². The Morgan fingerprint density at radius 3 is 1.20 bits per heavy atom. The summed E-state index contributed by atoms with van der Waals surface area (Å²) in [5.41, 5.74) is 16.8. The molecule has 6 aromatic rings. The second-order valence-electron chi connectivity index (χ2n) is 12.5. The summed E-state index contributed by atoms with van der Waals surface area (Å²) in [5, 5.41) is 0. The number of benzene rings is 6. The first-order valence-corrected chi connectivity index (χ1v) is 16.4. The highest BCUT2D eigenvalue weighted by molar-refractivity contribution is 5.81. The summed E-state index contributed by atoms with van der Waals surface area (Å²) in [6.45, 7) is 2.15. The van der Waals surface area contributed by atoms with Gasteiger partial charge in [0.15, 0.2) is 0 Å². The predicted molar refractivity (Wildman–Crippen MR) is 190 cm³/mol. The van der Waals surface area contributed by atoms with Crippen LogP contribution in [0.15, 0.2) is 140 Å². The molecule has 2 heteroatoms. The van der Waals surface area contributed by atoms with Crippen LogP contribution in [0.5, 0.6) is 0 Å². The number of rotatable bonds is 7. The van der Waals surface area contributed by atoms with Crippen molar-refractivity contribution < 1.29 is 0 Å². The molecule has 0 aliphatic heterocycles. The fourth-order valence-corrected chi connectivity index (χ4v) is 7.17. The zero-order chi connectivity index (χ0) is 30.2. The molecule has 0 saturated carbocycles. The van der Waals surface area contributed by atoms with Crippen LogP contribution >= 0.6 is 0 Å². The van der Waals surface area contributed by atoms with Gasteiger partial charge in [-0.2, -0.15) is 0 Å². The van der Waals surface area contributed by atoms with Gasteiger partial charge >= 0.3 is 0 Å². The molecular formula is C43H38N2. The number of nitrogens with zero attached hydrogens (tertiary/aromatic N) is 2. The van der Waals surface area contributed by atoms with Crippen molar-refractivity contribution in [3.8, 4) is 11.1 Å². The Morgan fingerprint density at radius 1 is 0.356 bits per heavy atom. The lowest BCUT2D eigenvalue weighted by molar-refractivity contribution is 0.911. The standard InChI is InChI=1S/C43H38N2/c1-31-13-21-39(22-14-31)45(43-28-20-33-8-6-10-37(33)30-43)41-25-17-35(18-26-41)34-15-23-40(24-16-34)44(38-11-3-2-4-12-38)42-27-19-32-7-5-9-36(32)29-42/h2-4,11-30H,5-10H2,1H3. The fourth-order valence-electron chi connectivity index (χ4n) is 7.17. The monoisotopic (exact) mass is 582 g/mol. The third-order valence-corrected chi connectivity index (χ3v) is 9.57. The first-order valence-electron chi connectivity index (χ1n) is 16.4. The second-order valence-corrected chi connectivity index (χ2v) is 12.5. The van der Waals surface area contributed by atoms with E-state index < -0.39 is 0 Å². The van der Waals surface area contributed by atoms with Crippen molar-refractivity contribution >= 4 is 34.1 Å². The Morgan fingerprint density at radius 2 is 0.733 bits per heavy atom. The summed E-state index contributed by atoms with van der Waals surface area (Å²) in [6.07, 6.45) is 7.26. The van der Waals surface area contributed by atoms with Crippen LogP contribution in [-0.4, -0.2) is 0 Å². The van der Waals surface area contributed by atoms with Crippen LogP contribution in [0.4, 0.5) is 34.1 Å². The third-order valence-electron chi connectivity index (χ3n) is 9.57. The van der Waals surface area contributed by atoms with Crippen LogP contribution in [0.2, 0.25) is 0 Å². The Kier molecular flexibility index (Phi) is 7.19. The number of hydrogen-bond donors (Lipinski definition) is 0. The van der Waals surface area contributed by atoms with Gasteiger partial charge in [0.05, 0.1) is 0 Å². The molecule has 8 rings (SSSR count). The molecule has 0 fully saturated rings. The summed E-state index contributed by atoms with van der Waals surface area (Å²) in [6, 6.07) is 51.7. The summed E-state index contributed by atoms with van der Waals surface area (Å²) in [5.74, 6) is 0. The molecule has 0 atom stereocenters. The lowest BCUT2D eigenvalue weighted by Gasteiger charge is -2.27. The molecule has 0 heterocycles. The molecule has 0 aromatic heterocycles. The summed E-state index contributed by atoms with van der Waals surface area (Å²) in [7, 11) is 0. The van der Waals surface area contributed by atoms with Crippen molar-refractivity contribution in [1.82, 2.24) is 0 Å². The average molecular weight is 583 g/mol. The van der Waals surface area contributed by atoms with E-state index in [0.717, 1.165) is 0 Å². The van der Waals surface area contributed by atoms with Crippen molar-refractivity contribution in [2.75, 3.05) is 9.80 Å². The van der Waals surface area contributed by atoms with E-state index in [1.807, 2.05) is 0 Å². The van der Waals surface area contributed by atoms with Gasteiger partial charge in [-0.05, 0) is 152 Å². The molecule has 0 radical (unpaired) electrons. The number of hydrogen-bond acceptors (Lipinski definition) is 2. The van der Waals surface area contributed by atoms with Crippen LogP contribution < -0.4 is 9.80 Å². The zero-order valence-electron chi connectivity index (χ0n) is 25.9. The molecule has 220 valence electrons. The van der Waals surface area contributed by atoms with Gasteiger partial charge in [-0.25, -0.2) is 0 Å². The maximum atomic E-state index is 2.40. The van der Waals surface area contributed by atoms with Gasteiger partial charge in [0, 0.05) is 34.1 Å². The van der Waals surface area contributed by atoms with Crippen LogP contribution in [0.3, 0.4) is 0 Å². The lowest BCUT2D eigenvalue weighted by Crippen LogP contribution is -2.10. The number of para-hydroxylation sites is 1. The van der Waals surface area contributed by atoms with Crippen LogP contribution in [0, 0.1) is 6.92 Å². The fraction of sp³-hybridized carbons (Fsp3) is 0.163. The SMILES string of the molecule is Cc1ccc(N(c2ccc(-c3ccc(N(c4ccccc4)c4ccc5c(c4)CCC5)cc3)cc2)c2ccc3c(c2)CCC3)cc1. The number of anilines is 6. The Labute approximate surface area is 267 Å². The Hall–Kier alpha value is -5.08. The van der Waals surface area contributed by atoms with Gasteiger partial charge in [-0.3, -0.25) is 0 Å². The van der Waals surface area contributed by atoms with Crippen molar-refractivity contribution in [3.63, 3.8) is 0 Å². The highest BCUT2D eigenvalue weighted by atomic mass is 15.1.